The Morgan fingerprint density at radius 2 is 1.95 bits per heavy atom. The molecule has 21 heavy (non-hydrogen) atoms. The van der Waals surface area contributed by atoms with Crippen LogP contribution in [0.1, 0.15) is 32.3 Å². The second kappa shape index (κ2) is 9.00. The highest BCUT2D eigenvalue weighted by atomic mass is 16.5. The molecule has 0 unspecified atom stereocenters. The summed E-state index contributed by atoms with van der Waals surface area (Å²) in [6.07, 6.45) is 1.49. The van der Waals surface area contributed by atoms with Gasteiger partial charge in [0.2, 0.25) is 5.91 Å². The van der Waals surface area contributed by atoms with E-state index < -0.39 is 0 Å². The molecular weight excluding hydrogens is 270 g/mol. The molecule has 1 aromatic rings. The van der Waals surface area contributed by atoms with Gasteiger partial charge in [0.25, 0.3) is 0 Å². The largest absolute Gasteiger partial charge is 0.508 e. The van der Waals surface area contributed by atoms with E-state index in [1.165, 1.54) is 4.90 Å². The topological polar surface area (TPSA) is 66.8 Å². The monoisotopic (exact) mass is 293 g/mol. The molecule has 0 aromatic heterocycles. The first-order chi connectivity index (χ1) is 10.1. The summed E-state index contributed by atoms with van der Waals surface area (Å²) < 4.78 is 4.88. The summed E-state index contributed by atoms with van der Waals surface area (Å²) in [5.74, 6) is -0.298. The number of para-hydroxylation sites is 1. The standard InChI is InChI=1S/C16H23NO4/c1-3-11-17(12-16(20)21-4-2)15(19)10-9-13-7-5-6-8-14(13)18/h5-8,18H,3-4,9-12H2,1-2H3. The van der Waals surface area contributed by atoms with Gasteiger partial charge in [0.15, 0.2) is 0 Å². The Kier molecular flexibility index (Phi) is 7.29. The van der Waals surface area contributed by atoms with Crippen LogP contribution in [0.3, 0.4) is 0 Å². The van der Waals surface area contributed by atoms with E-state index in [4.69, 9.17) is 4.74 Å². The molecule has 0 fully saturated rings. The third-order valence-electron chi connectivity index (χ3n) is 3.07. The van der Waals surface area contributed by atoms with E-state index in [2.05, 4.69) is 0 Å². The minimum atomic E-state index is -0.387. The van der Waals surface area contributed by atoms with Gasteiger partial charge in [0, 0.05) is 13.0 Å². The number of carbonyl (C=O) groups is 2. The van der Waals surface area contributed by atoms with Crippen molar-refractivity contribution in [1.82, 2.24) is 4.90 Å². The van der Waals surface area contributed by atoms with E-state index in [0.29, 0.717) is 19.6 Å². The number of benzene rings is 1. The molecule has 1 amide bonds. The number of esters is 1. The third-order valence-corrected chi connectivity index (χ3v) is 3.07. The number of aryl methyl sites for hydroxylation is 1. The molecule has 0 aliphatic heterocycles. The van der Waals surface area contributed by atoms with Crippen LogP contribution in [-0.2, 0) is 20.7 Å². The van der Waals surface area contributed by atoms with Gasteiger partial charge in [-0.1, -0.05) is 25.1 Å². The lowest BCUT2D eigenvalue weighted by Crippen LogP contribution is -2.37. The molecule has 5 heteroatoms. The van der Waals surface area contributed by atoms with Gasteiger partial charge in [-0.3, -0.25) is 9.59 Å². The van der Waals surface area contributed by atoms with E-state index in [9.17, 15) is 14.7 Å². The average molecular weight is 293 g/mol. The van der Waals surface area contributed by atoms with Crippen molar-refractivity contribution in [2.45, 2.75) is 33.1 Å². The Hall–Kier alpha value is -2.04. The lowest BCUT2D eigenvalue weighted by atomic mass is 10.1. The average Bonchev–Trinajstić information content (AvgIpc) is 2.46. The van der Waals surface area contributed by atoms with Crippen molar-refractivity contribution in [2.24, 2.45) is 0 Å². The van der Waals surface area contributed by atoms with Crippen LogP contribution in [0.2, 0.25) is 0 Å². The Balaban J connectivity index is 2.56. The highest BCUT2D eigenvalue weighted by Gasteiger charge is 2.17. The van der Waals surface area contributed by atoms with Gasteiger partial charge < -0.3 is 14.7 Å². The first-order valence-corrected chi connectivity index (χ1v) is 7.28. The highest BCUT2D eigenvalue weighted by Crippen LogP contribution is 2.17. The highest BCUT2D eigenvalue weighted by molar-refractivity contribution is 5.82. The number of rotatable bonds is 8. The fourth-order valence-electron chi connectivity index (χ4n) is 2.05. The lowest BCUT2D eigenvalue weighted by molar-refractivity contribution is -0.149. The molecule has 5 nitrogen and oxygen atoms in total. The number of carbonyl (C=O) groups excluding carboxylic acids is 2. The van der Waals surface area contributed by atoms with E-state index in [1.807, 2.05) is 13.0 Å². The summed E-state index contributed by atoms with van der Waals surface area (Å²) in [5, 5.41) is 9.68. The normalized spacial score (nSPS) is 10.2. The summed E-state index contributed by atoms with van der Waals surface area (Å²) in [6, 6.07) is 6.95. The number of phenols is 1. The Labute approximate surface area is 125 Å². The van der Waals surface area contributed by atoms with Crippen LogP contribution in [-0.4, -0.2) is 41.6 Å². The van der Waals surface area contributed by atoms with Crippen LogP contribution in [0.4, 0.5) is 0 Å². The predicted molar refractivity (Wildman–Crippen MR) is 79.9 cm³/mol. The molecule has 0 saturated heterocycles. The fourth-order valence-corrected chi connectivity index (χ4v) is 2.05. The van der Waals surface area contributed by atoms with Crippen LogP contribution in [0.5, 0.6) is 5.75 Å². The summed E-state index contributed by atoms with van der Waals surface area (Å²) in [5.41, 5.74) is 0.735. The van der Waals surface area contributed by atoms with Crippen molar-refractivity contribution in [1.29, 1.82) is 0 Å². The fraction of sp³-hybridized carbons (Fsp3) is 0.500. The zero-order chi connectivity index (χ0) is 15.7. The number of amides is 1. The number of aromatic hydroxyl groups is 1. The molecule has 116 valence electrons. The molecule has 1 N–H and O–H groups in total. The van der Waals surface area contributed by atoms with Gasteiger partial charge in [-0.15, -0.1) is 0 Å². The number of hydrogen-bond acceptors (Lipinski definition) is 4. The van der Waals surface area contributed by atoms with E-state index >= 15 is 0 Å². The van der Waals surface area contributed by atoms with Crippen molar-refractivity contribution in [2.75, 3.05) is 19.7 Å². The number of ether oxygens (including phenoxy) is 1. The van der Waals surface area contributed by atoms with Crippen molar-refractivity contribution in [3.63, 3.8) is 0 Å². The minimum Gasteiger partial charge on any atom is -0.508 e. The zero-order valence-corrected chi connectivity index (χ0v) is 12.7. The van der Waals surface area contributed by atoms with Crippen molar-refractivity contribution in [3.05, 3.63) is 29.8 Å². The van der Waals surface area contributed by atoms with Gasteiger partial charge in [-0.05, 0) is 31.4 Å². The molecule has 0 aliphatic rings. The van der Waals surface area contributed by atoms with Crippen LogP contribution in [0.15, 0.2) is 24.3 Å². The van der Waals surface area contributed by atoms with Crippen LogP contribution < -0.4 is 0 Å². The number of hydrogen-bond donors (Lipinski definition) is 1. The van der Waals surface area contributed by atoms with Gasteiger partial charge in [-0.25, -0.2) is 0 Å². The summed E-state index contributed by atoms with van der Waals surface area (Å²) in [6.45, 7) is 4.51. The summed E-state index contributed by atoms with van der Waals surface area (Å²) >= 11 is 0. The molecule has 1 aromatic carbocycles. The smallest absolute Gasteiger partial charge is 0.325 e. The number of phenolic OH excluding ortho intramolecular Hbond substituents is 1. The molecular formula is C16H23NO4. The maximum atomic E-state index is 12.2. The molecule has 0 bridgehead atoms. The maximum Gasteiger partial charge on any atom is 0.325 e. The van der Waals surface area contributed by atoms with E-state index in [0.717, 1.165) is 12.0 Å². The van der Waals surface area contributed by atoms with Gasteiger partial charge in [-0.2, -0.15) is 0 Å². The summed E-state index contributed by atoms with van der Waals surface area (Å²) in [4.78, 5) is 25.2. The van der Waals surface area contributed by atoms with Crippen molar-refractivity contribution >= 4 is 11.9 Å². The Morgan fingerprint density at radius 3 is 2.57 bits per heavy atom. The molecule has 0 saturated carbocycles. The molecule has 1 rings (SSSR count). The quantitative estimate of drug-likeness (QED) is 0.746. The Morgan fingerprint density at radius 1 is 1.24 bits per heavy atom. The first kappa shape index (κ1) is 17.0. The predicted octanol–water partition coefficient (Wildman–Crippen LogP) is 2.13. The van der Waals surface area contributed by atoms with E-state index in [-0.39, 0.29) is 30.6 Å². The SMILES string of the molecule is CCCN(CC(=O)OCC)C(=O)CCc1ccccc1O. The van der Waals surface area contributed by atoms with Crippen LogP contribution >= 0.6 is 0 Å². The molecule has 0 heterocycles. The molecule has 0 radical (unpaired) electrons. The Bertz CT molecular complexity index is 473. The zero-order valence-electron chi connectivity index (χ0n) is 12.7. The van der Waals surface area contributed by atoms with Crippen LogP contribution in [0.25, 0.3) is 0 Å². The lowest BCUT2D eigenvalue weighted by Gasteiger charge is -2.21. The van der Waals surface area contributed by atoms with Gasteiger partial charge >= 0.3 is 5.97 Å². The summed E-state index contributed by atoms with van der Waals surface area (Å²) in [7, 11) is 0. The second-order valence-corrected chi connectivity index (χ2v) is 4.75. The van der Waals surface area contributed by atoms with Crippen LogP contribution in [0, 0.1) is 0 Å². The van der Waals surface area contributed by atoms with Crippen molar-refractivity contribution in [3.8, 4) is 5.75 Å². The van der Waals surface area contributed by atoms with Gasteiger partial charge in [0.05, 0.1) is 6.61 Å². The molecule has 0 spiro atoms. The third kappa shape index (κ3) is 5.85. The first-order valence-electron chi connectivity index (χ1n) is 7.28. The van der Waals surface area contributed by atoms with E-state index in [1.54, 1.807) is 25.1 Å². The second-order valence-electron chi connectivity index (χ2n) is 4.75. The number of nitrogens with zero attached hydrogens (tertiary/aromatic N) is 1. The molecule has 0 atom stereocenters. The maximum absolute atomic E-state index is 12.2. The van der Waals surface area contributed by atoms with Crippen molar-refractivity contribution < 1.29 is 19.4 Å². The van der Waals surface area contributed by atoms with Gasteiger partial charge in [0.1, 0.15) is 12.3 Å². The molecule has 0 aliphatic carbocycles. The minimum absolute atomic E-state index is 0.0126.